The Morgan fingerprint density at radius 1 is 1.04 bits per heavy atom. The van der Waals surface area contributed by atoms with Crippen LogP contribution in [0.2, 0.25) is 0 Å². The maximum Gasteiger partial charge on any atom is 0.355 e. The van der Waals surface area contributed by atoms with Crippen LogP contribution in [-0.2, 0) is 25.9 Å². The molecule has 3 aromatic carbocycles. The maximum absolute atomic E-state index is 12.2. The first-order valence-corrected chi connectivity index (χ1v) is 16.7. The van der Waals surface area contributed by atoms with Crippen molar-refractivity contribution >= 4 is 50.2 Å². The summed E-state index contributed by atoms with van der Waals surface area (Å²) in [6.07, 6.45) is 7.09. The van der Waals surface area contributed by atoms with Gasteiger partial charge in [0.15, 0.2) is 16.5 Å². The number of H-pyrrole nitrogens is 1. The number of nitrogens with one attached hydrogen (secondary N) is 2. The largest absolute Gasteiger partial charge is 0.494 e. The smallest absolute Gasteiger partial charge is 0.355 e. The molecule has 0 atom stereocenters. The van der Waals surface area contributed by atoms with Gasteiger partial charge in [-0.3, -0.25) is 0 Å². The molecule has 11 nitrogen and oxygen atoms in total. The van der Waals surface area contributed by atoms with Crippen LogP contribution in [0, 0.1) is 0 Å². The number of aromatic amines is 1. The highest BCUT2D eigenvalue weighted by molar-refractivity contribution is 7.15. The topological polar surface area (TPSA) is 134 Å². The zero-order valence-electron chi connectivity index (χ0n) is 26.0. The number of para-hydroxylation sites is 1. The number of rotatable bonds is 11. The van der Waals surface area contributed by atoms with Gasteiger partial charge in [0, 0.05) is 41.6 Å². The van der Waals surface area contributed by atoms with Gasteiger partial charge in [-0.15, -0.1) is 11.3 Å². The molecule has 3 N–H and O–H groups in total. The summed E-state index contributed by atoms with van der Waals surface area (Å²) in [6, 6.07) is 24.5. The Hall–Kier alpha value is -5.75. The number of aryl methyl sites for hydroxylation is 1. The van der Waals surface area contributed by atoms with Gasteiger partial charge in [0.1, 0.15) is 17.9 Å². The first-order chi connectivity index (χ1) is 23.6. The fourth-order valence-electron chi connectivity index (χ4n) is 6.22. The van der Waals surface area contributed by atoms with Crippen LogP contribution >= 0.6 is 11.3 Å². The molecule has 0 radical (unpaired) electrons. The molecule has 0 fully saturated rings. The lowest BCUT2D eigenvalue weighted by molar-refractivity contribution is 0.0690. The molecule has 0 bridgehead atoms. The molecular weight excluding hydrogens is 625 g/mol. The van der Waals surface area contributed by atoms with Crippen molar-refractivity contribution in [2.24, 2.45) is 0 Å². The molecule has 0 saturated heterocycles. The summed E-state index contributed by atoms with van der Waals surface area (Å²) >= 11 is 1.47. The molecule has 0 unspecified atom stereocenters. The minimum absolute atomic E-state index is 0.133. The summed E-state index contributed by atoms with van der Waals surface area (Å²) in [4.78, 5) is 31.6. The lowest BCUT2D eigenvalue weighted by atomic mass is 9.95. The third-order valence-corrected chi connectivity index (χ3v) is 9.83. The SMILES string of the molecule is O=C(O)c1nc(N2CCc3cccc(CNc4cc5ccccc5[nH]4)c3C2)sc1CCCOc1ccc(-n2ncc3cncnc32)cc1. The van der Waals surface area contributed by atoms with Crippen LogP contribution in [0.4, 0.5) is 10.9 Å². The predicted octanol–water partition coefficient (Wildman–Crippen LogP) is 6.64. The highest BCUT2D eigenvalue weighted by Gasteiger charge is 2.25. The fourth-order valence-corrected chi connectivity index (χ4v) is 7.34. The lowest BCUT2D eigenvalue weighted by Gasteiger charge is -2.30. The number of hydrogen-bond donors (Lipinski definition) is 3. The zero-order valence-corrected chi connectivity index (χ0v) is 26.8. The van der Waals surface area contributed by atoms with E-state index in [4.69, 9.17) is 4.74 Å². The number of hydrogen-bond acceptors (Lipinski definition) is 9. The summed E-state index contributed by atoms with van der Waals surface area (Å²) < 4.78 is 7.76. The molecule has 240 valence electrons. The van der Waals surface area contributed by atoms with Crippen molar-refractivity contribution in [3.63, 3.8) is 0 Å². The number of aromatic nitrogens is 6. The number of carboxylic acid groups (broad SMARTS) is 1. The van der Waals surface area contributed by atoms with Crippen molar-refractivity contribution in [2.45, 2.75) is 32.4 Å². The van der Waals surface area contributed by atoms with Gasteiger partial charge in [0.25, 0.3) is 0 Å². The Bertz CT molecular complexity index is 2210. The first-order valence-electron chi connectivity index (χ1n) is 15.9. The number of aromatic carboxylic acids is 1. The summed E-state index contributed by atoms with van der Waals surface area (Å²) in [5.41, 5.74) is 6.68. The number of carboxylic acids is 1. The average Bonchev–Trinajstić information content (AvgIpc) is 3.86. The highest BCUT2D eigenvalue weighted by atomic mass is 32.1. The van der Waals surface area contributed by atoms with E-state index in [1.807, 2.05) is 36.4 Å². The van der Waals surface area contributed by atoms with E-state index in [1.54, 1.807) is 17.1 Å². The Morgan fingerprint density at radius 3 is 2.81 bits per heavy atom. The van der Waals surface area contributed by atoms with Gasteiger partial charge in [0.05, 0.1) is 23.9 Å². The summed E-state index contributed by atoms with van der Waals surface area (Å²) in [5, 5.41) is 20.7. The van der Waals surface area contributed by atoms with E-state index in [9.17, 15) is 9.90 Å². The fraction of sp³-hybridized carbons (Fsp3) is 0.194. The van der Waals surface area contributed by atoms with Gasteiger partial charge >= 0.3 is 5.97 Å². The van der Waals surface area contributed by atoms with Crippen LogP contribution in [0.5, 0.6) is 5.75 Å². The van der Waals surface area contributed by atoms with Crippen LogP contribution < -0.4 is 15.0 Å². The molecule has 48 heavy (non-hydrogen) atoms. The van der Waals surface area contributed by atoms with Gasteiger partial charge in [0.2, 0.25) is 0 Å². The summed E-state index contributed by atoms with van der Waals surface area (Å²) in [5.74, 6) is 0.716. The third-order valence-electron chi connectivity index (χ3n) is 8.66. The number of benzene rings is 3. The van der Waals surface area contributed by atoms with Crippen molar-refractivity contribution in [3.8, 4) is 11.4 Å². The Labute approximate surface area is 279 Å². The quantitative estimate of drug-likeness (QED) is 0.131. The highest BCUT2D eigenvalue weighted by Crippen LogP contribution is 2.33. The standard InChI is InChI=1S/C36H32N8O3S/c45-35(46)33-31(9-4-16-47-28-12-10-27(11-13-28)44-34-26(20-40-44)18-37-22-39-34)48-36(42-33)43-15-14-23-6-3-7-25(29(23)21-43)19-38-32-17-24-5-1-2-8-30(24)41-32/h1-3,5-8,10-13,17-18,20,22,38,41H,4,9,14-16,19,21H2,(H,45,46). The second-order valence-electron chi connectivity index (χ2n) is 11.7. The Kier molecular flexibility index (Phi) is 7.90. The molecule has 8 rings (SSSR count). The van der Waals surface area contributed by atoms with E-state index in [1.165, 1.54) is 39.7 Å². The molecule has 1 aliphatic rings. The molecule has 0 spiro atoms. The van der Waals surface area contributed by atoms with Gasteiger partial charge in [-0.1, -0.05) is 36.4 Å². The van der Waals surface area contributed by atoms with E-state index >= 15 is 0 Å². The Morgan fingerprint density at radius 2 is 1.94 bits per heavy atom. The van der Waals surface area contributed by atoms with E-state index in [0.717, 1.165) is 56.8 Å². The van der Waals surface area contributed by atoms with E-state index < -0.39 is 5.97 Å². The monoisotopic (exact) mass is 656 g/mol. The number of nitrogens with zero attached hydrogens (tertiary/aromatic N) is 6. The summed E-state index contributed by atoms with van der Waals surface area (Å²) in [7, 11) is 0. The number of fused-ring (bicyclic) bond motifs is 3. The average molecular weight is 657 g/mol. The zero-order chi connectivity index (χ0) is 32.5. The Balaban J connectivity index is 0.903. The predicted molar refractivity (Wildman–Crippen MR) is 186 cm³/mol. The van der Waals surface area contributed by atoms with Crippen LogP contribution in [0.25, 0.3) is 27.6 Å². The van der Waals surface area contributed by atoms with Gasteiger partial charge in [-0.05, 0) is 72.4 Å². The minimum atomic E-state index is -0.999. The number of ether oxygens (including phenoxy) is 1. The number of thiazole rings is 1. The molecule has 0 amide bonds. The molecule has 1 aliphatic heterocycles. The maximum atomic E-state index is 12.2. The number of anilines is 2. The van der Waals surface area contributed by atoms with Gasteiger partial charge < -0.3 is 25.0 Å². The van der Waals surface area contributed by atoms with Crippen LogP contribution in [0.3, 0.4) is 0 Å². The second kappa shape index (κ2) is 12.8. The van der Waals surface area contributed by atoms with Crippen LogP contribution in [0.1, 0.15) is 38.5 Å². The molecule has 5 heterocycles. The van der Waals surface area contributed by atoms with Crippen molar-refractivity contribution in [1.29, 1.82) is 0 Å². The van der Waals surface area contributed by atoms with Crippen molar-refractivity contribution < 1.29 is 14.6 Å². The first kappa shape index (κ1) is 29.6. The van der Waals surface area contributed by atoms with Crippen molar-refractivity contribution in [2.75, 3.05) is 23.4 Å². The molecule has 0 aliphatic carbocycles. The van der Waals surface area contributed by atoms with E-state index in [-0.39, 0.29) is 5.69 Å². The number of carbonyl (C=O) groups is 1. The van der Waals surface area contributed by atoms with Gasteiger partial charge in [-0.25, -0.2) is 24.4 Å². The molecule has 4 aromatic heterocycles. The minimum Gasteiger partial charge on any atom is -0.494 e. The molecular formula is C36H32N8O3S. The van der Waals surface area contributed by atoms with E-state index in [0.29, 0.717) is 32.5 Å². The van der Waals surface area contributed by atoms with Crippen molar-refractivity contribution in [1.82, 2.24) is 29.7 Å². The molecule has 7 aromatic rings. The lowest BCUT2D eigenvalue weighted by Crippen LogP contribution is -2.31. The van der Waals surface area contributed by atoms with E-state index in [2.05, 4.69) is 71.6 Å². The summed E-state index contributed by atoms with van der Waals surface area (Å²) in [6.45, 7) is 2.61. The van der Waals surface area contributed by atoms with Crippen LogP contribution in [0.15, 0.2) is 91.5 Å². The molecule has 0 saturated carbocycles. The molecule has 12 heteroatoms. The van der Waals surface area contributed by atoms with Crippen LogP contribution in [-0.4, -0.2) is 53.9 Å². The third kappa shape index (κ3) is 5.93. The second-order valence-corrected chi connectivity index (χ2v) is 12.8. The van der Waals surface area contributed by atoms with Crippen molar-refractivity contribution in [3.05, 3.63) is 119 Å². The van der Waals surface area contributed by atoms with Gasteiger partial charge in [-0.2, -0.15) is 5.10 Å². The normalized spacial score (nSPS) is 12.8.